The Morgan fingerprint density at radius 3 is 2.00 bits per heavy atom. The third kappa shape index (κ3) is 6.70. The molecule has 11 rings (SSSR count). The highest BCUT2D eigenvalue weighted by atomic mass is 32.1. The Kier molecular flexibility index (Phi) is 9.44. The summed E-state index contributed by atoms with van der Waals surface area (Å²) in [4.78, 5) is 10.9. The molecule has 0 spiro atoms. The summed E-state index contributed by atoms with van der Waals surface area (Å²) >= 11 is 1.85. The average Bonchev–Trinajstić information content (AvgIpc) is 3.85. The summed E-state index contributed by atoms with van der Waals surface area (Å²) in [5.74, 6) is 0.677. The maximum Gasteiger partial charge on any atom is 0.155 e. The van der Waals surface area contributed by atoms with Crippen LogP contribution in [0.15, 0.2) is 216 Å². The van der Waals surface area contributed by atoms with E-state index in [1.807, 2.05) is 17.4 Å². The molecule has 0 amide bonds. The summed E-state index contributed by atoms with van der Waals surface area (Å²) in [6, 6.07) is 69.6. The van der Waals surface area contributed by atoms with Crippen molar-refractivity contribution in [3.05, 3.63) is 229 Å². The number of nitrogens with zero attached hydrogens (tertiary/aromatic N) is 3. The molecule has 0 aliphatic carbocycles. The molecule has 2 aromatic heterocycles. The van der Waals surface area contributed by atoms with Crippen LogP contribution in [0.2, 0.25) is 0 Å². The standard InChI is InChI=1S/C58H43N3S/c1-37(2)56(60-58(59-38(3)39-17-6-4-7-18-39)45-25-16-24-42(31-45)40-19-8-5-9-20-40)46-32-47(55-50-27-14-15-28-53(50)62-54(55)35-46)36-61-52-34-44-23-11-10-22-43(44)33-51(52)49-30-29-41-21-12-13-26-48(41)57(49)61/h4-35,56H,1,36H2,2-3H3. The third-order valence-electron chi connectivity index (χ3n) is 12.3. The van der Waals surface area contributed by atoms with E-state index >= 15 is 0 Å². The van der Waals surface area contributed by atoms with Gasteiger partial charge in [0.05, 0.1) is 17.1 Å². The molecule has 0 radical (unpaired) electrons. The second-order valence-corrected chi connectivity index (χ2v) is 17.4. The normalized spacial score (nSPS) is 12.9. The SMILES string of the molecule is C=C(C)C(N=C(N=C(C)c1ccccc1)c1cccc(-c2ccccc2)c1)c1cc(Cn2c3cc4ccccc4cc3c3ccc4ccccc4c32)c2c(c1)sc1ccccc12. The van der Waals surface area contributed by atoms with Crippen LogP contribution < -0.4 is 0 Å². The van der Waals surface area contributed by atoms with Crippen LogP contribution in [0, 0.1) is 0 Å². The fourth-order valence-corrected chi connectivity index (χ4v) is 10.5. The monoisotopic (exact) mass is 813 g/mol. The molecular weight excluding hydrogens is 771 g/mol. The first-order valence-corrected chi connectivity index (χ1v) is 22.0. The van der Waals surface area contributed by atoms with Crippen LogP contribution in [0.1, 0.15) is 42.1 Å². The van der Waals surface area contributed by atoms with Gasteiger partial charge in [0.2, 0.25) is 0 Å². The summed E-state index contributed by atoms with van der Waals surface area (Å²) < 4.78 is 5.08. The number of hydrogen-bond acceptors (Lipinski definition) is 2. The van der Waals surface area contributed by atoms with Crippen LogP contribution in [-0.4, -0.2) is 16.1 Å². The van der Waals surface area contributed by atoms with E-state index in [9.17, 15) is 0 Å². The van der Waals surface area contributed by atoms with Crippen LogP contribution in [0.25, 0.3) is 74.6 Å². The molecule has 11 aromatic rings. The smallest absolute Gasteiger partial charge is 0.155 e. The molecule has 0 aliphatic rings. The maximum atomic E-state index is 5.62. The van der Waals surface area contributed by atoms with Crippen molar-refractivity contribution in [2.24, 2.45) is 9.98 Å². The molecule has 4 heteroatoms. The Morgan fingerprint density at radius 1 is 0.548 bits per heavy atom. The number of thiophene rings is 1. The first-order valence-electron chi connectivity index (χ1n) is 21.2. The molecule has 9 aromatic carbocycles. The lowest BCUT2D eigenvalue weighted by Gasteiger charge is -2.18. The third-order valence-corrected chi connectivity index (χ3v) is 13.4. The lowest BCUT2D eigenvalue weighted by atomic mass is 9.95. The van der Waals surface area contributed by atoms with Gasteiger partial charge in [0.25, 0.3) is 0 Å². The van der Waals surface area contributed by atoms with E-state index in [1.54, 1.807) is 0 Å². The van der Waals surface area contributed by atoms with Crippen molar-refractivity contribution in [1.82, 2.24) is 4.57 Å². The molecule has 1 unspecified atom stereocenters. The zero-order valence-corrected chi connectivity index (χ0v) is 35.5. The number of aromatic nitrogens is 1. The highest BCUT2D eigenvalue weighted by Crippen LogP contribution is 2.42. The lowest BCUT2D eigenvalue weighted by molar-refractivity contribution is 0.838. The van der Waals surface area contributed by atoms with Crippen LogP contribution in [-0.2, 0) is 6.54 Å². The molecule has 62 heavy (non-hydrogen) atoms. The fourth-order valence-electron chi connectivity index (χ4n) is 9.26. The Hall–Kier alpha value is -7.40. The molecule has 2 heterocycles. The highest BCUT2D eigenvalue weighted by Gasteiger charge is 2.22. The van der Waals surface area contributed by atoms with Gasteiger partial charge in [-0.15, -0.1) is 11.3 Å². The quantitative estimate of drug-likeness (QED) is 0.0831. The van der Waals surface area contributed by atoms with Gasteiger partial charge in [0.15, 0.2) is 5.84 Å². The van der Waals surface area contributed by atoms with Crippen LogP contribution in [0.5, 0.6) is 0 Å². The van der Waals surface area contributed by atoms with Gasteiger partial charge in [-0.3, -0.25) is 4.99 Å². The molecule has 0 N–H and O–H groups in total. The summed E-state index contributed by atoms with van der Waals surface area (Å²) in [5, 5.41) is 10.1. The van der Waals surface area contributed by atoms with Crippen molar-refractivity contribution in [3.63, 3.8) is 0 Å². The molecule has 1 atom stereocenters. The average molecular weight is 814 g/mol. The van der Waals surface area contributed by atoms with Crippen molar-refractivity contribution in [2.45, 2.75) is 26.4 Å². The summed E-state index contributed by atoms with van der Waals surface area (Å²) in [7, 11) is 0. The zero-order valence-electron chi connectivity index (χ0n) is 34.7. The Labute approximate surface area is 365 Å². The number of aliphatic imine (C=N–C) groups is 2. The highest BCUT2D eigenvalue weighted by molar-refractivity contribution is 7.25. The number of benzene rings is 9. The largest absolute Gasteiger partial charge is 0.335 e. The molecular formula is C58H43N3S. The van der Waals surface area contributed by atoms with Gasteiger partial charge in [-0.05, 0) is 88.2 Å². The van der Waals surface area contributed by atoms with Gasteiger partial charge in [0, 0.05) is 54.2 Å². The van der Waals surface area contributed by atoms with Gasteiger partial charge in [-0.25, -0.2) is 4.99 Å². The molecule has 0 fully saturated rings. The molecule has 296 valence electrons. The van der Waals surface area contributed by atoms with Crippen molar-refractivity contribution in [2.75, 3.05) is 0 Å². The number of fused-ring (bicyclic) bond motifs is 9. The second-order valence-electron chi connectivity index (χ2n) is 16.3. The minimum absolute atomic E-state index is 0.353. The molecule has 0 bridgehead atoms. The van der Waals surface area contributed by atoms with Gasteiger partial charge >= 0.3 is 0 Å². The summed E-state index contributed by atoms with van der Waals surface area (Å²) in [6.07, 6.45) is 0. The van der Waals surface area contributed by atoms with Crippen molar-refractivity contribution < 1.29 is 0 Å². The molecule has 0 aliphatic heterocycles. The van der Waals surface area contributed by atoms with E-state index in [-0.39, 0.29) is 6.04 Å². The minimum Gasteiger partial charge on any atom is -0.335 e. The first-order chi connectivity index (χ1) is 30.5. The van der Waals surface area contributed by atoms with Gasteiger partial charge in [-0.2, -0.15) is 0 Å². The summed E-state index contributed by atoms with van der Waals surface area (Å²) in [6.45, 7) is 9.45. The van der Waals surface area contributed by atoms with Gasteiger partial charge < -0.3 is 4.57 Å². The predicted molar refractivity (Wildman–Crippen MR) is 268 cm³/mol. The minimum atomic E-state index is -0.353. The van der Waals surface area contributed by atoms with E-state index in [4.69, 9.17) is 9.98 Å². The topological polar surface area (TPSA) is 29.6 Å². The Morgan fingerprint density at radius 2 is 1.21 bits per heavy atom. The number of rotatable bonds is 8. The second kappa shape index (κ2) is 15.6. The van der Waals surface area contributed by atoms with Gasteiger partial charge in [-0.1, -0.05) is 176 Å². The van der Waals surface area contributed by atoms with Crippen molar-refractivity contribution in [1.29, 1.82) is 0 Å². The van der Waals surface area contributed by atoms with Crippen molar-refractivity contribution in [3.8, 4) is 11.1 Å². The fraction of sp³-hybridized carbons (Fsp3) is 0.0690. The van der Waals surface area contributed by atoms with Crippen LogP contribution in [0.4, 0.5) is 0 Å². The van der Waals surface area contributed by atoms with Crippen LogP contribution >= 0.6 is 11.3 Å². The molecule has 3 nitrogen and oxygen atoms in total. The summed E-state index contributed by atoms with van der Waals surface area (Å²) in [5.41, 5.74) is 11.0. The van der Waals surface area contributed by atoms with Crippen LogP contribution in [0.3, 0.4) is 0 Å². The Balaban J connectivity index is 1.14. The van der Waals surface area contributed by atoms with Crippen molar-refractivity contribution >= 4 is 86.4 Å². The van der Waals surface area contributed by atoms with E-state index in [0.29, 0.717) is 12.4 Å². The number of amidine groups is 1. The predicted octanol–water partition coefficient (Wildman–Crippen LogP) is 15.8. The molecule has 0 saturated carbocycles. The van der Waals surface area contributed by atoms with E-state index < -0.39 is 0 Å². The lowest BCUT2D eigenvalue weighted by Crippen LogP contribution is -2.08. The maximum absolute atomic E-state index is 5.62. The van der Waals surface area contributed by atoms with E-state index in [1.165, 1.54) is 69.1 Å². The molecule has 0 saturated heterocycles. The number of hydrogen-bond donors (Lipinski definition) is 0. The van der Waals surface area contributed by atoms with Gasteiger partial charge in [0.1, 0.15) is 0 Å². The zero-order chi connectivity index (χ0) is 41.7. The Bertz CT molecular complexity index is 3590. The van der Waals surface area contributed by atoms with E-state index in [0.717, 1.165) is 39.1 Å². The first kappa shape index (κ1) is 37.6. The van der Waals surface area contributed by atoms with E-state index in [2.05, 4.69) is 213 Å².